The standard InChI is InChI=1S/C24H26F2N2O/c1-28(2)22(17-8-4-3-5-9-17)13-14-23(24(25,26)16-22)21-19(12-15-29-23)18-10-6-7-11-20(18)27-21/h3-11,27H,12-16H2,1-2H3. The lowest BCUT2D eigenvalue weighted by molar-refractivity contribution is -0.264. The highest BCUT2D eigenvalue weighted by Gasteiger charge is 2.65. The van der Waals surface area contributed by atoms with Crippen molar-refractivity contribution in [1.82, 2.24) is 9.88 Å². The van der Waals surface area contributed by atoms with Crippen LogP contribution in [0.5, 0.6) is 0 Å². The second-order valence-electron chi connectivity index (χ2n) is 8.62. The molecule has 2 heterocycles. The fourth-order valence-electron chi connectivity index (χ4n) is 5.49. The molecule has 2 atom stereocenters. The molecule has 2 aliphatic rings. The zero-order valence-electron chi connectivity index (χ0n) is 16.8. The smallest absolute Gasteiger partial charge is 0.284 e. The Hall–Kier alpha value is -2.24. The minimum atomic E-state index is -3.01. The van der Waals surface area contributed by atoms with E-state index >= 15 is 8.78 Å². The molecule has 1 spiro atoms. The van der Waals surface area contributed by atoms with E-state index in [0.717, 1.165) is 22.0 Å². The third-order valence-corrected chi connectivity index (χ3v) is 7.08. The molecule has 5 rings (SSSR count). The third-order valence-electron chi connectivity index (χ3n) is 7.08. The molecule has 5 heteroatoms. The number of para-hydroxylation sites is 1. The zero-order valence-corrected chi connectivity index (χ0v) is 16.8. The van der Waals surface area contributed by atoms with E-state index in [2.05, 4.69) is 4.98 Å². The summed E-state index contributed by atoms with van der Waals surface area (Å²) in [7, 11) is 3.80. The van der Waals surface area contributed by atoms with Gasteiger partial charge in [-0.3, -0.25) is 4.90 Å². The summed E-state index contributed by atoms with van der Waals surface area (Å²) in [5.74, 6) is -3.01. The van der Waals surface area contributed by atoms with E-state index in [4.69, 9.17) is 4.74 Å². The van der Waals surface area contributed by atoms with E-state index in [9.17, 15) is 0 Å². The molecule has 152 valence electrons. The minimum absolute atomic E-state index is 0.271. The first-order chi connectivity index (χ1) is 13.9. The maximum absolute atomic E-state index is 16.1. The van der Waals surface area contributed by atoms with Crippen molar-refractivity contribution in [3.8, 4) is 0 Å². The highest BCUT2D eigenvalue weighted by molar-refractivity contribution is 5.85. The fraction of sp³-hybridized carbons (Fsp3) is 0.417. The maximum atomic E-state index is 16.1. The number of fused-ring (bicyclic) bond motifs is 4. The molecule has 3 aromatic rings. The number of ether oxygens (including phenoxy) is 1. The van der Waals surface area contributed by atoms with Gasteiger partial charge in [0.05, 0.1) is 17.8 Å². The van der Waals surface area contributed by atoms with Crippen LogP contribution in [0.25, 0.3) is 10.9 Å². The highest BCUT2D eigenvalue weighted by Crippen LogP contribution is 2.59. The van der Waals surface area contributed by atoms with Crippen LogP contribution in [0, 0.1) is 0 Å². The third kappa shape index (κ3) is 2.53. The van der Waals surface area contributed by atoms with Crippen molar-refractivity contribution in [2.24, 2.45) is 0 Å². The number of hydrogen-bond donors (Lipinski definition) is 1. The van der Waals surface area contributed by atoms with E-state index in [-0.39, 0.29) is 12.8 Å². The molecule has 0 amide bonds. The van der Waals surface area contributed by atoms with Gasteiger partial charge in [0.25, 0.3) is 5.92 Å². The monoisotopic (exact) mass is 396 g/mol. The molecule has 1 aromatic heterocycles. The van der Waals surface area contributed by atoms with Crippen LogP contribution < -0.4 is 0 Å². The fourth-order valence-corrected chi connectivity index (χ4v) is 5.49. The Morgan fingerprint density at radius 1 is 0.966 bits per heavy atom. The Balaban J connectivity index is 1.64. The number of aromatic amines is 1. The number of alkyl halides is 2. The summed E-state index contributed by atoms with van der Waals surface area (Å²) >= 11 is 0. The van der Waals surface area contributed by atoms with Crippen molar-refractivity contribution in [2.75, 3.05) is 20.7 Å². The summed E-state index contributed by atoms with van der Waals surface area (Å²) in [6.07, 6.45) is 1.27. The lowest BCUT2D eigenvalue weighted by Gasteiger charge is -2.54. The van der Waals surface area contributed by atoms with E-state index in [1.807, 2.05) is 73.6 Å². The summed E-state index contributed by atoms with van der Waals surface area (Å²) in [5, 5.41) is 1.04. The molecule has 0 saturated heterocycles. The molecular formula is C24H26F2N2O. The van der Waals surface area contributed by atoms with Gasteiger partial charge in [0.2, 0.25) is 0 Å². The van der Waals surface area contributed by atoms with Crippen LogP contribution in [-0.4, -0.2) is 36.5 Å². The van der Waals surface area contributed by atoms with Crippen LogP contribution >= 0.6 is 0 Å². The second kappa shape index (κ2) is 6.38. The summed E-state index contributed by atoms with van der Waals surface area (Å²) in [6, 6.07) is 17.6. The van der Waals surface area contributed by atoms with Crippen LogP contribution in [-0.2, 0) is 22.3 Å². The number of aromatic nitrogens is 1. The lowest BCUT2D eigenvalue weighted by atomic mass is 9.65. The van der Waals surface area contributed by atoms with Gasteiger partial charge >= 0.3 is 0 Å². The summed E-state index contributed by atoms with van der Waals surface area (Å²) in [4.78, 5) is 5.27. The molecular weight excluding hydrogens is 370 g/mol. The van der Waals surface area contributed by atoms with Gasteiger partial charge in [-0.15, -0.1) is 0 Å². The Morgan fingerprint density at radius 2 is 1.69 bits per heavy atom. The molecule has 0 bridgehead atoms. The van der Waals surface area contributed by atoms with Crippen LogP contribution in [0.4, 0.5) is 8.78 Å². The number of rotatable bonds is 2. The number of nitrogens with zero attached hydrogens (tertiary/aromatic N) is 1. The predicted molar refractivity (Wildman–Crippen MR) is 110 cm³/mol. The van der Waals surface area contributed by atoms with Crippen LogP contribution in [0.15, 0.2) is 54.6 Å². The van der Waals surface area contributed by atoms with Gasteiger partial charge in [0.15, 0.2) is 5.60 Å². The molecule has 3 nitrogen and oxygen atoms in total. The van der Waals surface area contributed by atoms with E-state index in [1.54, 1.807) is 0 Å². The summed E-state index contributed by atoms with van der Waals surface area (Å²) in [6.45, 7) is 0.324. The Morgan fingerprint density at radius 3 is 2.41 bits per heavy atom. The van der Waals surface area contributed by atoms with Crippen LogP contribution in [0.1, 0.15) is 36.1 Å². The Labute approximate surface area is 169 Å². The number of H-pyrrole nitrogens is 1. The maximum Gasteiger partial charge on any atom is 0.284 e. The van der Waals surface area contributed by atoms with Crippen molar-refractivity contribution in [2.45, 2.75) is 42.7 Å². The Bertz CT molecular complexity index is 1050. The van der Waals surface area contributed by atoms with Crippen molar-refractivity contribution in [3.63, 3.8) is 0 Å². The number of halogens is 2. The average Bonchev–Trinajstić information content (AvgIpc) is 3.10. The van der Waals surface area contributed by atoms with Crippen molar-refractivity contribution >= 4 is 10.9 Å². The largest absolute Gasteiger partial charge is 0.362 e. The molecule has 1 fully saturated rings. The average molecular weight is 396 g/mol. The minimum Gasteiger partial charge on any atom is -0.362 e. The lowest BCUT2D eigenvalue weighted by Crippen LogP contribution is -2.60. The topological polar surface area (TPSA) is 28.3 Å². The number of nitrogens with one attached hydrogen (secondary N) is 1. The van der Waals surface area contributed by atoms with Crippen molar-refractivity contribution in [3.05, 3.63) is 71.4 Å². The molecule has 2 aromatic carbocycles. The molecule has 29 heavy (non-hydrogen) atoms. The summed E-state index contributed by atoms with van der Waals surface area (Å²) in [5.41, 5.74) is 1.11. The molecule has 1 aliphatic heterocycles. The van der Waals surface area contributed by atoms with Crippen molar-refractivity contribution in [1.29, 1.82) is 0 Å². The molecule has 0 radical (unpaired) electrons. The first-order valence-corrected chi connectivity index (χ1v) is 10.2. The predicted octanol–water partition coefficient (Wildman–Crippen LogP) is 5.21. The van der Waals surface area contributed by atoms with E-state index < -0.39 is 17.1 Å². The van der Waals surface area contributed by atoms with E-state index in [1.165, 1.54) is 0 Å². The van der Waals surface area contributed by atoms with Gasteiger partial charge < -0.3 is 9.72 Å². The van der Waals surface area contributed by atoms with Gasteiger partial charge in [0.1, 0.15) is 0 Å². The van der Waals surface area contributed by atoms with Gasteiger partial charge in [-0.05, 0) is 50.6 Å². The van der Waals surface area contributed by atoms with Gasteiger partial charge in [-0.25, -0.2) is 8.78 Å². The molecule has 1 aliphatic carbocycles. The molecule has 1 N–H and O–H groups in total. The normalized spacial score (nSPS) is 28.7. The second-order valence-corrected chi connectivity index (χ2v) is 8.62. The highest BCUT2D eigenvalue weighted by atomic mass is 19.3. The van der Waals surface area contributed by atoms with Crippen LogP contribution in [0.3, 0.4) is 0 Å². The SMILES string of the molecule is CN(C)C1(c2ccccc2)CCC2(OCCc3c2[nH]c2ccccc32)C(F)(F)C1. The molecule has 1 saturated carbocycles. The zero-order chi connectivity index (χ0) is 20.3. The quantitative estimate of drug-likeness (QED) is 0.644. The van der Waals surface area contributed by atoms with E-state index in [0.29, 0.717) is 25.1 Å². The Kier molecular flexibility index (Phi) is 4.13. The van der Waals surface area contributed by atoms with Gasteiger partial charge in [0, 0.05) is 17.3 Å². The molecule has 2 unspecified atom stereocenters. The van der Waals surface area contributed by atoms with Gasteiger partial charge in [-0.2, -0.15) is 0 Å². The first-order valence-electron chi connectivity index (χ1n) is 10.2. The van der Waals surface area contributed by atoms with Gasteiger partial charge in [-0.1, -0.05) is 48.5 Å². The first kappa shape index (κ1) is 18.8. The van der Waals surface area contributed by atoms with Crippen molar-refractivity contribution < 1.29 is 13.5 Å². The summed E-state index contributed by atoms with van der Waals surface area (Å²) < 4.78 is 38.2. The number of hydrogen-bond acceptors (Lipinski definition) is 2. The number of benzene rings is 2. The van der Waals surface area contributed by atoms with Crippen LogP contribution in [0.2, 0.25) is 0 Å².